The van der Waals surface area contributed by atoms with Crippen LogP contribution in [0, 0.1) is 0 Å². The van der Waals surface area contributed by atoms with Crippen molar-refractivity contribution < 1.29 is 13.2 Å². The maximum absolute atomic E-state index is 13.0. The number of rotatable bonds is 6. The fourth-order valence-electron chi connectivity index (χ4n) is 3.47. The van der Waals surface area contributed by atoms with Gasteiger partial charge in [0, 0.05) is 39.3 Å². The second-order valence-electron chi connectivity index (χ2n) is 6.76. The molecule has 0 bridgehead atoms. The van der Waals surface area contributed by atoms with Gasteiger partial charge < -0.3 is 4.90 Å². The number of carbonyl (C=O) groups is 1. The molecule has 0 spiro atoms. The van der Waals surface area contributed by atoms with Crippen molar-refractivity contribution in [3.8, 4) is 0 Å². The Hall–Kier alpha value is -1.96. The zero-order valence-electron chi connectivity index (χ0n) is 16.0. The molecule has 0 aliphatic carbocycles. The molecule has 1 aliphatic rings. The summed E-state index contributed by atoms with van der Waals surface area (Å²) >= 11 is 0. The summed E-state index contributed by atoms with van der Waals surface area (Å²) in [5.74, 6) is 0.103. The van der Waals surface area contributed by atoms with Gasteiger partial charge in [-0.15, -0.1) is 0 Å². The van der Waals surface area contributed by atoms with Gasteiger partial charge >= 0.3 is 0 Å². The number of benzene rings is 2. The van der Waals surface area contributed by atoms with Crippen LogP contribution in [0.15, 0.2) is 47.4 Å². The zero-order chi connectivity index (χ0) is 19.4. The maximum Gasteiger partial charge on any atom is 0.243 e. The van der Waals surface area contributed by atoms with Crippen LogP contribution in [-0.2, 0) is 14.8 Å². The number of sulfonamides is 1. The number of carbonyl (C=O) groups excluding carboxylic acids is 1. The molecule has 0 aromatic heterocycles. The predicted molar refractivity (Wildman–Crippen MR) is 107 cm³/mol. The predicted octanol–water partition coefficient (Wildman–Crippen LogP) is 2.01. The normalized spacial score (nSPS) is 16.5. The van der Waals surface area contributed by atoms with Crippen molar-refractivity contribution in [2.75, 3.05) is 45.8 Å². The van der Waals surface area contributed by atoms with Gasteiger partial charge in [0.2, 0.25) is 15.9 Å². The van der Waals surface area contributed by atoms with Crippen LogP contribution in [0.4, 0.5) is 0 Å². The summed E-state index contributed by atoms with van der Waals surface area (Å²) in [7, 11) is -3.52. The average molecular weight is 390 g/mol. The number of likely N-dealkylation sites (N-methyl/N-ethyl adjacent to an activating group) is 1. The Balaban J connectivity index is 1.66. The van der Waals surface area contributed by atoms with Crippen LogP contribution in [0.3, 0.4) is 0 Å². The number of fused-ring (bicyclic) bond motifs is 1. The standard InChI is InChI=1S/C20H27N3O3S/c1-3-22(4-2)20(24)16-21-11-13-23(14-12-21)27(25,26)19-10-9-17-7-5-6-8-18(17)15-19/h5-10,15H,3-4,11-14,16H2,1-2H3. The molecular weight excluding hydrogens is 362 g/mol. The van der Waals surface area contributed by atoms with Crippen LogP contribution in [0.2, 0.25) is 0 Å². The second-order valence-corrected chi connectivity index (χ2v) is 8.69. The molecule has 0 radical (unpaired) electrons. The van der Waals surface area contributed by atoms with Gasteiger partial charge in [0.15, 0.2) is 0 Å². The first kappa shape index (κ1) is 19.8. The lowest BCUT2D eigenvalue weighted by Crippen LogP contribution is -2.51. The van der Waals surface area contributed by atoms with E-state index >= 15 is 0 Å². The Labute approximate surface area is 161 Å². The Morgan fingerprint density at radius 1 is 0.963 bits per heavy atom. The van der Waals surface area contributed by atoms with Crippen molar-refractivity contribution in [3.63, 3.8) is 0 Å². The molecular formula is C20H27N3O3S. The van der Waals surface area contributed by atoms with Crippen molar-refractivity contribution in [2.24, 2.45) is 0 Å². The maximum atomic E-state index is 13.0. The lowest BCUT2D eigenvalue weighted by atomic mass is 10.1. The number of hydrogen-bond donors (Lipinski definition) is 0. The van der Waals surface area contributed by atoms with Crippen LogP contribution in [-0.4, -0.2) is 74.2 Å². The van der Waals surface area contributed by atoms with E-state index in [1.165, 1.54) is 4.31 Å². The molecule has 0 N–H and O–H groups in total. The van der Waals surface area contributed by atoms with E-state index in [9.17, 15) is 13.2 Å². The molecule has 1 heterocycles. The number of amides is 1. The molecule has 6 nitrogen and oxygen atoms in total. The van der Waals surface area contributed by atoms with Gasteiger partial charge in [0.25, 0.3) is 0 Å². The van der Waals surface area contributed by atoms with Gasteiger partial charge in [0.1, 0.15) is 0 Å². The largest absolute Gasteiger partial charge is 0.342 e. The van der Waals surface area contributed by atoms with E-state index in [1.54, 1.807) is 17.0 Å². The van der Waals surface area contributed by atoms with E-state index in [0.29, 0.717) is 50.7 Å². The molecule has 2 aromatic rings. The van der Waals surface area contributed by atoms with Crippen LogP contribution >= 0.6 is 0 Å². The number of piperazine rings is 1. The third-order valence-corrected chi connectivity index (χ3v) is 7.06. The molecule has 1 fully saturated rings. The van der Waals surface area contributed by atoms with Crippen LogP contribution in [0.25, 0.3) is 10.8 Å². The minimum atomic E-state index is -3.52. The van der Waals surface area contributed by atoms with Crippen molar-refractivity contribution in [2.45, 2.75) is 18.7 Å². The van der Waals surface area contributed by atoms with Gasteiger partial charge in [-0.25, -0.2) is 8.42 Å². The van der Waals surface area contributed by atoms with Gasteiger partial charge in [0.05, 0.1) is 11.4 Å². The van der Waals surface area contributed by atoms with E-state index < -0.39 is 10.0 Å². The third-order valence-electron chi connectivity index (χ3n) is 5.16. The molecule has 3 rings (SSSR count). The summed E-state index contributed by atoms with van der Waals surface area (Å²) in [4.78, 5) is 16.4. The fraction of sp³-hybridized carbons (Fsp3) is 0.450. The van der Waals surface area contributed by atoms with Gasteiger partial charge in [-0.05, 0) is 36.8 Å². The minimum Gasteiger partial charge on any atom is -0.342 e. The van der Waals surface area contributed by atoms with Crippen LogP contribution in [0.1, 0.15) is 13.8 Å². The molecule has 0 atom stereocenters. The quantitative estimate of drug-likeness (QED) is 0.758. The summed E-state index contributed by atoms with van der Waals surface area (Å²) < 4.78 is 27.5. The summed E-state index contributed by atoms with van der Waals surface area (Å²) in [6.45, 7) is 7.63. The van der Waals surface area contributed by atoms with Crippen LogP contribution < -0.4 is 0 Å². The number of nitrogens with zero attached hydrogens (tertiary/aromatic N) is 3. The summed E-state index contributed by atoms with van der Waals surface area (Å²) in [6, 6.07) is 13.0. The first-order valence-corrected chi connectivity index (χ1v) is 10.9. The lowest BCUT2D eigenvalue weighted by molar-refractivity contribution is -0.132. The summed E-state index contributed by atoms with van der Waals surface area (Å²) in [5.41, 5.74) is 0. The highest BCUT2D eigenvalue weighted by Crippen LogP contribution is 2.22. The lowest BCUT2D eigenvalue weighted by Gasteiger charge is -2.34. The van der Waals surface area contributed by atoms with Crippen molar-refractivity contribution in [1.29, 1.82) is 0 Å². The molecule has 27 heavy (non-hydrogen) atoms. The Kier molecular flexibility index (Phi) is 6.14. The third kappa shape index (κ3) is 4.31. The first-order valence-electron chi connectivity index (χ1n) is 9.44. The molecule has 0 saturated carbocycles. The minimum absolute atomic E-state index is 0.103. The Bertz CT molecular complexity index is 902. The van der Waals surface area contributed by atoms with Crippen molar-refractivity contribution >= 4 is 26.7 Å². The van der Waals surface area contributed by atoms with E-state index in [0.717, 1.165) is 10.8 Å². The monoisotopic (exact) mass is 389 g/mol. The summed E-state index contributed by atoms with van der Waals surface area (Å²) in [6.07, 6.45) is 0. The Morgan fingerprint density at radius 3 is 2.22 bits per heavy atom. The van der Waals surface area contributed by atoms with Gasteiger partial charge in [-0.1, -0.05) is 30.3 Å². The molecule has 146 valence electrons. The van der Waals surface area contributed by atoms with E-state index in [-0.39, 0.29) is 5.91 Å². The topological polar surface area (TPSA) is 60.9 Å². The number of hydrogen-bond acceptors (Lipinski definition) is 4. The highest BCUT2D eigenvalue weighted by molar-refractivity contribution is 7.89. The highest BCUT2D eigenvalue weighted by Gasteiger charge is 2.29. The average Bonchev–Trinajstić information content (AvgIpc) is 2.69. The fourth-order valence-corrected chi connectivity index (χ4v) is 4.93. The van der Waals surface area contributed by atoms with Crippen LogP contribution in [0.5, 0.6) is 0 Å². The van der Waals surface area contributed by atoms with Crippen molar-refractivity contribution in [3.05, 3.63) is 42.5 Å². The van der Waals surface area contributed by atoms with Gasteiger partial charge in [-0.3, -0.25) is 9.69 Å². The molecule has 7 heteroatoms. The SMILES string of the molecule is CCN(CC)C(=O)CN1CCN(S(=O)(=O)c2ccc3ccccc3c2)CC1. The molecule has 1 saturated heterocycles. The van der Waals surface area contributed by atoms with E-state index in [1.807, 2.05) is 49.1 Å². The second kappa shape index (κ2) is 8.37. The Morgan fingerprint density at radius 2 is 1.59 bits per heavy atom. The molecule has 0 unspecified atom stereocenters. The molecule has 1 aliphatic heterocycles. The molecule has 2 aromatic carbocycles. The summed E-state index contributed by atoms with van der Waals surface area (Å²) in [5, 5.41) is 1.94. The highest BCUT2D eigenvalue weighted by atomic mass is 32.2. The van der Waals surface area contributed by atoms with E-state index in [2.05, 4.69) is 0 Å². The smallest absolute Gasteiger partial charge is 0.243 e. The van der Waals surface area contributed by atoms with E-state index in [4.69, 9.17) is 0 Å². The first-order chi connectivity index (χ1) is 13.0. The molecule has 1 amide bonds. The zero-order valence-corrected chi connectivity index (χ0v) is 16.8. The van der Waals surface area contributed by atoms with Gasteiger partial charge in [-0.2, -0.15) is 4.31 Å². The van der Waals surface area contributed by atoms with Crippen molar-refractivity contribution in [1.82, 2.24) is 14.1 Å².